The van der Waals surface area contributed by atoms with Gasteiger partial charge in [0, 0.05) is 5.39 Å². The second-order valence-electron chi connectivity index (χ2n) is 5.46. The Hall–Kier alpha value is -2.21. The number of nitrogens with one attached hydrogen (secondary N) is 2. The van der Waals surface area contributed by atoms with Gasteiger partial charge >= 0.3 is 0 Å². The fourth-order valence-corrected chi connectivity index (χ4v) is 2.37. The van der Waals surface area contributed by atoms with Gasteiger partial charge in [-0.3, -0.25) is 9.59 Å². The van der Waals surface area contributed by atoms with Crippen LogP contribution in [0.15, 0.2) is 29.1 Å². The molecule has 2 atom stereocenters. The average Bonchev–Trinajstić information content (AvgIpc) is 2.54. The van der Waals surface area contributed by atoms with Crippen molar-refractivity contribution in [3.05, 3.63) is 40.3 Å². The van der Waals surface area contributed by atoms with Crippen LogP contribution in [0.2, 0.25) is 0 Å². The van der Waals surface area contributed by atoms with Crippen LogP contribution in [0.25, 0.3) is 10.8 Å². The SMILES string of the molecule is CC[C@@H](C)[C@H](CO)NC(=O)Cc1n[nH]c(=O)c2ccccc12. The zero-order chi connectivity index (χ0) is 16.1. The predicted octanol–water partition coefficient (Wildman–Crippen LogP) is 0.989. The van der Waals surface area contributed by atoms with Crippen LogP contribution in [0.5, 0.6) is 0 Å². The van der Waals surface area contributed by atoms with E-state index in [0.29, 0.717) is 16.5 Å². The van der Waals surface area contributed by atoms with Crippen molar-refractivity contribution in [2.45, 2.75) is 32.7 Å². The molecule has 0 unspecified atom stereocenters. The summed E-state index contributed by atoms with van der Waals surface area (Å²) in [6.45, 7) is 3.89. The average molecular weight is 303 g/mol. The van der Waals surface area contributed by atoms with Gasteiger partial charge in [0.15, 0.2) is 0 Å². The molecule has 0 bridgehead atoms. The Labute approximate surface area is 128 Å². The fraction of sp³-hybridized carbons (Fsp3) is 0.438. The lowest BCUT2D eigenvalue weighted by molar-refractivity contribution is -0.121. The van der Waals surface area contributed by atoms with E-state index in [4.69, 9.17) is 0 Å². The minimum Gasteiger partial charge on any atom is -0.394 e. The molecule has 6 heteroatoms. The molecular weight excluding hydrogens is 282 g/mol. The zero-order valence-corrected chi connectivity index (χ0v) is 12.8. The number of amides is 1. The Morgan fingerprint density at radius 2 is 2.05 bits per heavy atom. The molecule has 6 nitrogen and oxygen atoms in total. The standard InChI is InChI=1S/C16H21N3O3/c1-3-10(2)14(9-20)17-15(21)8-13-11-6-4-5-7-12(11)16(22)19-18-13/h4-7,10,14,20H,3,8-9H2,1-2H3,(H,17,21)(H,19,22)/t10-,14+/m1/s1. The zero-order valence-electron chi connectivity index (χ0n) is 12.8. The highest BCUT2D eigenvalue weighted by molar-refractivity contribution is 5.88. The molecule has 0 aliphatic rings. The minimum atomic E-state index is -0.272. The molecule has 0 spiro atoms. The van der Waals surface area contributed by atoms with Crippen LogP contribution < -0.4 is 10.9 Å². The molecule has 0 radical (unpaired) electrons. The molecule has 2 rings (SSSR count). The first-order valence-electron chi connectivity index (χ1n) is 7.43. The van der Waals surface area contributed by atoms with E-state index in [1.54, 1.807) is 24.3 Å². The second kappa shape index (κ2) is 7.17. The van der Waals surface area contributed by atoms with Gasteiger partial charge in [0.2, 0.25) is 5.91 Å². The molecule has 1 amide bonds. The van der Waals surface area contributed by atoms with Gasteiger partial charge in [0.05, 0.1) is 30.1 Å². The lowest BCUT2D eigenvalue weighted by Gasteiger charge is -2.22. The first kappa shape index (κ1) is 16.2. The first-order valence-corrected chi connectivity index (χ1v) is 7.43. The molecule has 0 saturated carbocycles. The van der Waals surface area contributed by atoms with Crippen LogP contribution in [0, 0.1) is 5.92 Å². The van der Waals surface area contributed by atoms with Crippen molar-refractivity contribution in [3.8, 4) is 0 Å². The summed E-state index contributed by atoms with van der Waals surface area (Å²) in [6.07, 6.45) is 0.926. The smallest absolute Gasteiger partial charge is 0.272 e. The Morgan fingerprint density at radius 1 is 1.36 bits per heavy atom. The summed E-state index contributed by atoms with van der Waals surface area (Å²) in [5.41, 5.74) is 0.251. The highest BCUT2D eigenvalue weighted by Crippen LogP contribution is 2.13. The fourth-order valence-electron chi connectivity index (χ4n) is 2.37. The van der Waals surface area contributed by atoms with Gasteiger partial charge < -0.3 is 10.4 Å². The maximum Gasteiger partial charge on any atom is 0.272 e. The number of carbonyl (C=O) groups excluding carboxylic acids is 1. The third kappa shape index (κ3) is 3.51. The number of aliphatic hydroxyl groups is 1. The van der Waals surface area contributed by atoms with Crippen molar-refractivity contribution in [3.63, 3.8) is 0 Å². The Balaban J connectivity index is 2.19. The lowest BCUT2D eigenvalue weighted by atomic mass is 9.99. The number of rotatable bonds is 6. The number of aromatic amines is 1. The number of aromatic nitrogens is 2. The van der Waals surface area contributed by atoms with Gasteiger partial charge in [-0.15, -0.1) is 0 Å². The quantitative estimate of drug-likeness (QED) is 0.741. The molecule has 0 saturated heterocycles. The summed E-state index contributed by atoms with van der Waals surface area (Å²) < 4.78 is 0. The van der Waals surface area contributed by atoms with Crippen LogP contribution >= 0.6 is 0 Å². The number of benzene rings is 1. The van der Waals surface area contributed by atoms with Crippen LogP contribution in [-0.4, -0.2) is 33.9 Å². The molecule has 1 aromatic heterocycles. The van der Waals surface area contributed by atoms with Crippen molar-refractivity contribution in [2.24, 2.45) is 5.92 Å². The third-order valence-corrected chi connectivity index (χ3v) is 3.98. The van der Waals surface area contributed by atoms with Gasteiger partial charge in [-0.2, -0.15) is 5.10 Å². The van der Waals surface area contributed by atoms with E-state index in [1.165, 1.54) is 0 Å². The molecular formula is C16H21N3O3. The predicted molar refractivity (Wildman–Crippen MR) is 84.5 cm³/mol. The molecule has 118 valence electrons. The van der Waals surface area contributed by atoms with Crippen molar-refractivity contribution in [2.75, 3.05) is 6.61 Å². The van der Waals surface area contributed by atoms with Crippen LogP contribution in [0.1, 0.15) is 26.0 Å². The molecule has 0 aliphatic carbocycles. The first-order chi connectivity index (χ1) is 10.6. The van der Waals surface area contributed by atoms with E-state index in [1.807, 2.05) is 13.8 Å². The molecule has 0 fully saturated rings. The van der Waals surface area contributed by atoms with Gasteiger partial charge in [-0.25, -0.2) is 5.10 Å². The van der Waals surface area contributed by atoms with E-state index in [9.17, 15) is 14.7 Å². The maximum absolute atomic E-state index is 12.2. The summed E-state index contributed by atoms with van der Waals surface area (Å²) in [5.74, 6) is -0.0294. The second-order valence-corrected chi connectivity index (χ2v) is 5.46. The number of carbonyl (C=O) groups is 1. The van der Waals surface area contributed by atoms with Crippen molar-refractivity contribution in [1.82, 2.24) is 15.5 Å². The van der Waals surface area contributed by atoms with E-state index in [0.717, 1.165) is 6.42 Å². The molecule has 0 aliphatic heterocycles. The van der Waals surface area contributed by atoms with Crippen LogP contribution in [-0.2, 0) is 11.2 Å². The van der Waals surface area contributed by atoms with Crippen molar-refractivity contribution >= 4 is 16.7 Å². The van der Waals surface area contributed by atoms with Gasteiger partial charge in [-0.1, -0.05) is 38.5 Å². The highest BCUT2D eigenvalue weighted by atomic mass is 16.3. The summed E-state index contributed by atoms with van der Waals surface area (Å²) in [7, 11) is 0. The van der Waals surface area contributed by atoms with E-state index >= 15 is 0 Å². The van der Waals surface area contributed by atoms with E-state index in [-0.39, 0.29) is 36.5 Å². The molecule has 1 heterocycles. The monoisotopic (exact) mass is 303 g/mol. The number of fused-ring (bicyclic) bond motifs is 1. The highest BCUT2D eigenvalue weighted by Gasteiger charge is 2.18. The Kier molecular flexibility index (Phi) is 5.27. The largest absolute Gasteiger partial charge is 0.394 e. The number of aliphatic hydroxyl groups excluding tert-OH is 1. The molecule has 2 aromatic rings. The molecule has 3 N–H and O–H groups in total. The summed E-state index contributed by atoms with van der Waals surface area (Å²) in [4.78, 5) is 23.9. The topological polar surface area (TPSA) is 95.1 Å². The number of hydrogen-bond acceptors (Lipinski definition) is 4. The van der Waals surface area contributed by atoms with Gasteiger partial charge in [-0.05, 0) is 12.0 Å². The van der Waals surface area contributed by atoms with Crippen molar-refractivity contribution < 1.29 is 9.90 Å². The Morgan fingerprint density at radius 3 is 2.68 bits per heavy atom. The normalized spacial score (nSPS) is 13.8. The number of H-pyrrole nitrogens is 1. The van der Waals surface area contributed by atoms with Crippen LogP contribution in [0.3, 0.4) is 0 Å². The molecule has 22 heavy (non-hydrogen) atoms. The lowest BCUT2D eigenvalue weighted by Crippen LogP contribution is -2.42. The maximum atomic E-state index is 12.2. The van der Waals surface area contributed by atoms with Gasteiger partial charge in [0.25, 0.3) is 5.56 Å². The van der Waals surface area contributed by atoms with Gasteiger partial charge in [0.1, 0.15) is 0 Å². The van der Waals surface area contributed by atoms with E-state index in [2.05, 4.69) is 15.5 Å². The third-order valence-electron chi connectivity index (χ3n) is 3.98. The molecule has 1 aromatic carbocycles. The van der Waals surface area contributed by atoms with Crippen LogP contribution in [0.4, 0.5) is 0 Å². The van der Waals surface area contributed by atoms with Crippen molar-refractivity contribution in [1.29, 1.82) is 0 Å². The Bertz CT molecular complexity index is 711. The summed E-state index contributed by atoms with van der Waals surface area (Å²) >= 11 is 0. The summed E-state index contributed by atoms with van der Waals surface area (Å²) in [6, 6.07) is 6.78. The van der Waals surface area contributed by atoms with E-state index < -0.39 is 0 Å². The number of hydrogen-bond donors (Lipinski definition) is 3. The number of nitrogens with zero attached hydrogens (tertiary/aromatic N) is 1. The summed E-state index contributed by atoms with van der Waals surface area (Å²) in [5, 5.41) is 19.8. The minimum absolute atomic E-state index is 0.0597.